The van der Waals surface area contributed by atoms with Gasteiger partial charge in [0.1, 0.15) is 0 Å². The van der Waals surface area contributed by atoms with Gasteiger partial charge in [0.25, 0.3) is 11.4 Å². The van der Waals surface area contributed by atoms with Crippen LogP contribution in [0.1, 0.15) is 11.1 Å². The number of aromatic nitrogens is 2. The second-order valence-electron chi connectivity index (χ2n) is 6.88. The van der Waals surface area contributed by atoms with E-state index in [0.29, 0.717) is 22.8 Å². The summed E-state index contributed by atoms with van der Waals surface area (Å²) in [5.74, 6) is 0.831. The maximum absolute atomic E-state index is 10.7. The third kappa shape index (κ3) is 5.13. The van der Waals surface area contributed by atoms with E-state index in [2.05, 4.69) is 31.3 Å². The minimum Gasteiger partial charge on any atom is -0.259 e. The van der Waals surface area contributed by atoms with E-state index in [1.807, 2.05) is 24.3 Å². The number of nitrogens with one attached hydrogen (secondary N) is 2. The lowest BCUT2D eigenvalue weighted by Crippen LogP contribution is -2.01. The minimum absolute atomic E-state index is 0.00120. The second-order valence-corrected chi connectivity index (χ2v) is 6.88. The van der Waals surface area contributed by atoms with Crippen LogP contribution in [-0.4, -0.2) is 32.5 Å². The number of nitrogens with zero attached hydrogens (tertiary/aromatic N) is 6. The monoisotopic (exact) mass is 456 g/mol. The molecule has 3 aromatic carbocycles. The van der Waals surface area contributed by atoms with Gasteiger partial charge < -0.3 is 0 Å². The predicted octanol–water partition coefficient (Wildman–Crippen LogP) is 4.34. The Hall–Kier alpha value is -5.26. The molecule has 0 atom stereocenters. The molecule has 0 saturated heterocycles. The lowest BCUT2D eigenvalue weighted by molar-refractivity contribution is -0.385. The summed E-state index contributed by atoms with van der Waals surface area (Å²) >= 11 is 0. The van der Waals surface area contributed by atoms with Crippen LogP contribution in [0.5, 0.6) is 0 Å². The third-order valence-corrected chi connectivity index (χ3v) is 4.66. The molecule has 0 radical (unpaired) electrons. The molecule has 12 heteroatoms. The zero-order valence-corrected chi connectivity index (χ0v) is 17.4. The largest absolute Gasteiger partial charge is 0.269 e. The van der Waals surface area contributed by atoms with Crippen molar-refractivity contribution in [3.63, 3.8) is 0 Å². The number of hydrogen-bond acceptors (Lipinski definition) is 10. The van der Waals surface area contributed by atoms with E-state index in [4.69, 9.17) is 0 Å². The van der Waals surface area contributed by atoms with Gasteiger partial charge in [-0.1, -0.05) is 24.3 Å². The van der Waals surface area contributed by atoms with Crippen molar-refractivity contribution in [3.05, 3.63) is 104 Å². The van der Waals surface area contributed by atoms with Gasteiger partial charge in [0.2, 0.25) is 0 Å². The standard InChI is InChI=1S/C22H16N8O4/c31-29(32)17-9-5-15(6-10-17)13-23-25-21-19-3-1-2-4-20(19)22(28-27-21)26-24-14-16-7-11-18(12-8-16)30(33)34/h1-14H,(H,25,27)(H,26,28)/b23-13-,24-14+. The van der Waals surface area contributed by atoms with Gasteiger partial charge >= 0.3 is 0 Å². The van der Waals surface area contributed by atoms with Crippen molar-refractivity contribution in [3.8, 4) is 0 Å². The fourth-order valence-corrected chi connectivity index (χ4v) is 2.97. The molecule has 0 spiro atoms. The van der Waals surface area contributed by atoms with E-state index >= 15 is 0 Å². The molecule has 0 unspecified atom stereocenters. The summed E-state index contributed by atoms with van der Waals surface area (Å²) in [5, 5.41) is 39.6. The van der Waals surface area contributed by atoms with Crippen molar-refractivity contribution in [2.75, 3.05) is 10.9 Å². The Bertz CT molecular complexity index is 1300. The van der Waals surface area contributed by atoms with Crippen LogP contribution < -0.4 is 10.9 Å². The van der Waals surface area contributed by atoms with Crippen LogP contribution in [0.15, 0.2) is 83.0 Å². The van der Waals surface area contributed by atoms with Gasteiger partial charge in [-0.15, -0.1) is 10.2 Å². The van der Waals surface area contributed by atoms with Crippen LogP contribution in [0.2, 0.25) is 0 Å². The molecule has 4 aromatic rings. The Kier molecular flexibility index (Phi) is 6.40. The number of hydrogen-bond donors (Lipinski definition) is 2. The number of hydrazone groups is 2. The first-order valence-electron chi connectivity index (χ1n) is 9.84. The molecule has 4 rings (SSSR count). The lowest BCUT2D eigenvalue weighted by Gasteiger charge is -2.07. The van der Waals surface area contributed by atoms with E-state index in [-0.39, 0.29) is 11.4 Å². The maximum atomic E-state index is 10.7. The van der Waals surface area contributed by atoms with Crippen molar-refractivity contribution in [1.82, 2.24) is 10.2 Å². The second kappa shape index (κ2) is 9.91. The van der Waals surface area contributed by atoms with Crippen LogP contribution >= 0.6 is 0 Å². The average molecular weight is 456 g/mol. The first-order valence-corrected chi connectivity index (χ1v) is 9.84. The van der Waals surface area contributed by atoms with E-state index < -0.39 is 9.85 Å². The summed E-state index contributed by atoms with van der Waals surface area (Å²) < 4.78 is 0. The Morgan fingerprint density at radius 3 is 1.38 bits per heavy atom. The van der Waals surface area contributed by atoms with Gasteiger partial charge in [0.15, 0.2) is 11.6 Å². The van der Waals surface area contributed by atoms with Gasteiger partial charge in [-0.25, -0.2) is 0 Å². The quantitative estimate of drug-likeness (QED) is 0.225. The number of anilines is 2. The number of non-ortho nitro benzene ring substituents is 2. The summed E-state index contributed by atoms with van der Waals surface area (Å²) in [6, 6.07) is 19.3. The SMILES string of the molecule is O=[N+]([O-])c1ccc(/C=N\Nc2nnc(N/N=C/c3ccc([N+](=O)[O-])cc3)c3ccccc23)cc1. The van der Waals surface area contributed by atoms with Crippen molar-refractivity contribution >= 4 is 46.2 Å². The average Bonchev–Trinajstić information content (AvgIpc) is 2.85. The van der Waals surface area contributed by atoms with E-state index in [9.17, 15) is 20.2 Å². The molecule has 0 bridgehead atoms. The van der Waals surface area contributed by atoms with Crippen LogP contribution in [0, 0.1) is 20.2 Å². The highest BCUT2D eigenvalue weighted by atomic mass is 16.6. The molecule has 1 aromatic heterocycles. The van der Waals surface area contributed by atoms with E-state index in [1.54, 1.807) is 24.3 Å². The summed E-state index contributed by atoms with van der Waals surface area (Å²) in [4.78, 5) is 20.6. The molecule has 1 heterocycles. The van der Waals surface area contributed by atoms with Crippen LogP contribution in [0.3, 0.4) is 0 Å². The van der Waals surface area contributed by atoms with Crippen LogP contribution in [0.25, 0.3) is 10.8 Å². The van der Waals surface area contributed by atoms with Crippen molar-refractivity contribution in [2.24, 2.45) is 10.2 Å². The molecule has 168 valence electrons. The van der Waals surface area contributed by atoms with Gasteiger partial charge in [-0.2, -0.15) is 10.2 Å². The fourth-order valence-electron chi connectivity index (χ4n) is 2.97. The molecular formula is C22H16N8O4. The fraction of sp³-hybridized carbons (Fsp3) is 0. The zero-order valence-electron chi connectivity index (χ0n) is 17.4. The molecule has 0 aliphatic heterocycles. The number of rotatable bonds is 8. The van der Waals surface area contributed by atoms with Gasteiger partial charge in [0.05, 0.1) is 22.3 Å². The number of benzene rings is 3. The molecular weight excluding hydrogens is 440 g/mol. The van der Waals surface area contributed by atoms with E-state index in [0.717, 1.165) is 10.8 Å². The van der Waals surface area contributed by atoms with Crippen LogP contribution in [0.4, 0.5) is 23.0 Å². The Balaban J connectivity index is 1.48. The van der Waals surface area contributed by atoms with Gasteiger partial charge in [-0.3, -0.25) is 31.1 Å². The summed E-state index contributed by atoms with van der Waals surface area (Å²) in [6.45, 7) is 0. The van der Waals surface area contributed by atoms with E-state index in [1.165, 1.54) is 36.7 Å². The molecule has 0 aliphatic rings. The molecule has 0 saturated carbocycles. The van der Waals surface area contributed by atoms with Crippen molar-refractivity contribution in [2.45, 2.75) is 0 Å². The summed E-state index contributed by atoms with van der Waals surface area (Å²) in [6.07, 6.45) is 3.03. The minimum atomic E-state index is -0.466. The van der Waals surface area contributed by atoms with Gasteiger partial charge in [0, 0.05) is 35.0 Å². The lowest BCUT2D eigenvalue weighted by atomic mass is 10.2. The number of nitro benzene ring substituents is 2. The topological polar surface area (TPSA) is 161 Å². The highest BCUT2D eigenvalue weighted by Crippen LogP contribution is 2.26. The summed E-state index contributed by atoms with van der Waals surface area (Å²) in [5.41, 5.74) is 7.03. The smallest absolute Gasteiger partial charge is 0.259 e. The number of fused-ring (bicyclic) bond motifs is 1. The normalized spacial score (nSPS) is 11.2. The Morgan fingerprint density at radius 1 is 0.647 bits per heavy atom. The first kappa shape index (κ1) is 22.0. The molecule has 12 nitrogen and oxygen atoms in total. The molecule has 0 aliphatic carbocycles. The predicted molar refractivity (Wildman–Crippen MR) is 128 cm³/mol. The molecule has 2 N–H and O–H groups in total. The molecule has 0 amide bonds. The highest BCUT2D eigenvalue weighted by Gasteiger charge is 2.08. The summed E-state index contributed by atoms with van der Waals surface area (Å²) in [7, 11) is 0. The maximum Gasteiger partial charge on any atom is 0.269 e. The van der Waals surface area contributed by atoms with Crippen LogP contribution in [-0.2, 0) is 0 Å². The first-order chi connectivity index (χ1) is 16.5. The zero-order chi connectivity index (χ0) is 23.9. The third-order valence-electron chi connectivity index (χ3n) is 4.66. The number of nitro groups is 2. The van der Waals surface area contributed by atoms with Crippen molar-refractivity contribution in [1.29, 1.82) is 0 Å². The Morgan fingerprint density at radius 2 is 1.03 bits per heavy atom. The highest BCUT2D eigenvalue weighted by molar-refractivity contribution is 5.98. The van der Waals surface area contributed by atoms with Gasteiger partial charge in [-0.05, 0) is 35.4 Å². The van der Waals surface area contributed by atoms with Crippen molar-refractivity contribution < 1.29 is 9.85 Å². The molecule has 34 heavy (non-hydrogen) atoms. The Labute approximate surface area is 192 Å². The molecule has 0 fully saturated rings.